The van der Waals surface area contributed by atoms with Gasteiger partial charge in [-0.2, -0.15) is 0 Å². The lowest BCUT2D eigenvalue weighted by Crippen LogP contribution is -2.47. The highest BCUT2D eigenvalue weighted by Gasteiger charge is 2.29. The summed E-state index contributed by atoms with van der Waals surface area (Å²) in [5, 5.41) is 13.6. The van der Waals surface area contributed by atoms with Crippen molar-refractivity contribution in [2.24, 2.45) is 0 Å². The summed E-state index contributed by atoms with van der Waals surface area (Å²) in [5.74, 6) is -0.426. The molecule has 0 unspecified atom stereocenters. The number of thiazole rings is 1. The number of aliphatic hydroxyl groups excluding tert-OH is 1. The van der Waals surface area contributed by atoms with Crippen LogP contribution < -0.4 is 10.9 Å². The molecule has 2 aromatic rings. The van der Waals surface area contributed by atoms with Gasteiger partial charge in [0.1, 0.15) is 5.56 Å². The number of aromatic nitrogens is 2. The van der Waals surface area contributed by atoms with Crippen molar-refractivity contribution in [2.45, 2.75) is 25.0 Å². The van der Waals surface area contributed by atoms with Gasteiger partial charge in [0.15, 0.2) is 4.96 Å². The highest BCUT2D eigenvalue weighted by atomic mass is 32.1. The summed E-state index contributed by atoms with van der Waals surface area (Å²) in [5.41, 5.74) is -0.328. The van der Waals surface area contributed by atoms with Crippen molar-refractivity contribution in [3.8, 4) is 0 Å². The van der Waals surface area contributed by atoms with Crippen molar-refractivity contribution in [1.29, 1.82) is 0 Å². The number of carbonyl (C=O) groups is 1. The number of fused-ring (bicyclic) bond motifs is 1. The summed E-state index contributed by atoms with van der Waals surface area (Å²) in [7, 11) is 0. The third-order valence-electron chi connectivity index (χ3n) is 3.04. The first-order chi connectivity index (χ1) is 8.65. The van der Waals surface area contributed by atoms with Crippen LogP contribution in [0.2, 0.25) is 0 Å². The van der Waals surface area contributed by atoms with E-state index in [0.29, 0.717) is 17.8 Å². The molecule has 2 heterocycles. The molecule has 0 atom stereocenters. The van der Waals surface area contributed by atoms with Gasteiger partial charge in [-0.05, 0) is 12.8 Å². The Hall–Kier alpha value is -1.73. The van der Waals surface area contributed by atoms with Crippen LogP contribution in [0.1, 0.15) is 23.2 Å². The molecule has 0 spiro atoms. The van der Waals surface area contributed by atoms with Crippen LogP contribution in [-0.4, -0.2) is 32.5 Å². The Balaban J connectivity index is 1.87. The van der Waals surface area contributed by atoms with Gasteiger partial charge in [0.05, 0.1) is 6.10 Å². The summed E-state index contributed by atoms with van der Waals surface area (Å²) in [4.78, 5) is 28.5. The fourth-order valence-corrected chi connectivity index (χ4v) is 2.62. The lowest BCUT2D eigenvalue weighted by molar-refractivity contribution is 0.0562. The van der Waals surface area contributed by atoms with Gasteiger partial charge in [-0.1, -0.05) is 0 Å². The second kappa shape index (κ2) is 4.18. The first kappa shape index (κ1) is 11.4. The zero-order valence-corrected chi connectivity index (χ0v) is 10.2. The summed E-state index contributed by atoms with van der Waals surface area (Å²) >= 11 is 1.34. The van der Waals surface area contributed by atoms with Gasteiger partial charge in [0.2, 0.25) is 0 Å². The second-order valence-corrected chi connectivity index (χ2v) is 5.20. The van der Waals surface area contributed by atoms with E-state index in [-0.39, 0.29) is 23.3 Å². The number of amides is 1. The molecule has 0 aromatic carbocycles. The zero-order chi connectivity index (χ0) is 12.7. The van der Waals surface area contributed by atoms with E-state index in [0.717, 1.165) is 0 Å². The van der Waals surface area contributed by atoms with Gasteiger partial charge in [-0.15, -0.1) is 11.3 Å². The van der Waals surface area contributed by atoms with Crippen LogP contribution in [-0.2, 0) is 0 Å². The zero-order valence-electron chi connectivity index (χ0n) is 9.37. The lowest BCUT2D eigenvalue weighted by atomic mass is 9.89. The largest absolute Gasteiger partial charge is 0.393 e. The molecular weight excluding hydrogens is 254 g/mol. The predicted octanol–water partition coefficient (Wildman–Crippen LogP) is 0.00910. The molecule has 1 aliphatic rings. The maximum atomic E-state index is 12.0. The van der Waals surface area contributed by atoms with Crippen LogP contribution in [0.5, 0.6) is 0 Å². The maximum Gasteiger partial charge on any atom is 0.271 e. The molecule has 2 aromatic heterocycles. The van der Waals surface area contributed by atoms with Crippen LogP contribution in [0.3, 0.4) is 0 Å². The Labute approximate surface area is 106 Å². The minimum absolute atomic E-state index is 0.0345. The van der Waals surface area contributed by atoms with Gasteiger partial charge >= 0.3 is 0 Å². The number of rotatable bonds is 2. The second-order valence-electron chi connectivity index (χ2n) is 4.33. The monoisotopic (exact) mass is 265 g/mol. The molecule has 3 rings (SSSR count). The highest BCUT2D eigenvalue weighted by molar-refractivity contribution is 7.15. The highest BCUT2D eigenvalue weighted by Crippen LogP contribution is 2.19. The quantitative estimate of drug-likeness (QED) is 0.801. The summed E-state index contributed by atoms with van der Waals surface area (Å²) in [6.45, 7) is 0. The lowest BCUT2D eigenvalue weighted by Gasteiger charge is -2.31. The normalized spacial score (nSPS) is 22.7. The third-order valence-corrected chi connectivity index (χ3v) is 3.81. The predicted molar refractivity (Wildman–Crippen MR) is 65.8 cm³/mol. The Morgan fingerprint density at radius 1 is 1.56 bits per heavy atom. The molecule has 7 heteroatoms. The molecule has 1 saturated carbocycles. The number of hydrogen-bond acceptors (Lipinski definition) is 5. The molecule has 0 saturated heterocycles. The molecule has 0 aliphatic heterocycles. The van der Waals surface area contributed by atoms with Gasteiger partial charge in [-0.3, -0.25) is 14.0 Å². The Kier molecular flexibility index (Phi) is 2.64. The first-order valence-electron chi connectivity index (χ1n) is 5.59. The Bertz CT molecular complexity index is 657. The topological polar surface area (TPSA) is 83.7 Å². The summed E-state index contributed by atoms with van der Waals surface area (Å²) in [6.07, 6.45) is 3.65. The van der Waals surface area contributed by atoms with E-state index in [1.54, 1.807) is 11.6 Å². The minimum atomic E-state index is -0.426. The molecule has 6 nitrogen and oxygen atoms in total. The summed E-state index contributed by atoms with van der Waals surface area (Å²) < 4.78 is 1.36. The van der Waals surface area contributed by atoms with Crippen LogP contribution in [0, 0.1) is 0 Å². The number of nitrogens with one attached hydrogen (secondary N) is 1. The number of aliphatic hydroxyl groups is 1. The minimum Gasteiger partial charge on any atom is -0.393 e. The molecule has 1 amide bonds. The van der Waals surface area contributed by atoms with Crippen LogP contribution >= 0.6 is 11.3 Å². The first-order valence-corrected chi connectivity index (χ1v) is 6.47. The maximum absolute atomic E-state index is 12.0. The van der Waals surface area contributed by atoms with Crippen molar-refractivity contribution in [2.75, 3.05) is 0 Å². The summed E-state index contributed by atoms with van der Waals surface area (Å²) in [6, 6.07) is -0.0462. The molecule has 0 bridgehead atoms. The van der Waals surface area contributed by atoms with Gasteiger partial charge in [-0.25, -0.2) is 4.98 Å². The molecule has 0 radical (unpaired) electrons. The van der Waals surface area contributed by atoms with E-state index >= 15 is 0 Å². The van der Waals surface area contributed by atoms with E-state index in [4.69, 9.17) is 5.11 Å². The standard InChI is InChI=1S/C11H11N3O3S/c15-7-3-6(4-7)13-9(16)8-5-12-11-14(10(8)17)1-2-18-11/h1-2,5-7,15H,3-4H2,(H,13,16). The van der Waals surface area contributed by atoms with E-state index in [9.17, 15) is 9.59 Å². The molecular formula is C11H11N3O3S. The average Bonchev–Trinajstić information content (AvgIpc) is 2.76. The van der Waals surface area contributed by atoms with Crippen molar-refractivity contribution >= 4 is 22.2 Å². The molecule has 94 valence electrons. The smallest absolute Gasteiger partial charge is 0.271 e. The van der Waals surface area contributed by atoms with Crippen LogP contribution in [0.15, 0.2) is 22.6 Å². The van der Waals surface area contributed by atoms with Gasteiger partial charge < -0.3 is 10.4 Å². The number of nitrogens with zero attached hydrogens (tertiary/aromatic N) is 2. The van der Waals surface area contributed by atoms with Crippen molar-refractivity contribution < 1.29 is 9.90 Å². The molecule has 1 fully saturated rings. The third kappa shape index (κ3) is 1.81. The Morgan fingerprint density at radius 3 is 3.06 bits per heavy atom. The SMILES string of the molecule is O=C(NC1CC(O)C1)c1cnc2sccn2c1=O. The van der Waals surface area contributed by atoms with Crippen molar-refractivity contribution in [1.82, 2.24) is 14.7 Å². The fourth-order valence-electron chi connectivity index (χ4n) is 1.95. The van der Waals surface area contributed by atoms with E-state index in [2.05, 4.69) is 10.3 Å². The molecule has 18 heavy (non-hydrogen) atoms. The Morgan fingerprint density at radius 2 is 2.33 bits per heavy atom. The molecule has 1 aliphatic carbocycles. The van der Waals surface area contributed by atoms with E-state index in [1.165, 1.54) is 21.9 Å². The number of carbonyl (C=O) groups excluding carboxylic acids is 1. The van der Waals surface area contributed by atoms with Crippen LogP contribution in [0.25, 0.3) is 4.96 Å². The van der Waals surface area contributed by atoms with E-state index in [1.807, 2.05) is 0 Å². The van der Waals surface area contributed by atoms with Gasteiger partial charge in [0.25, 0.3) is 11.5 Å². The molecule has 2 N–H and O–H groups in total. The van der Waals surface area contributed by atoms with Gasteiger partial charge in [0, 0.05) is 23.8 Å². The van der Waals surface area contributed by atoms with Crippen molar-refractivity contribution in [3.63, 3.8) is 0 Å². The van der Waals surface area contributed by atoms with Crippen LogP contribution in [0.4, 0.5) is 0 Å². The number of hydrogen-bond donors (Lipinski definition) is 2. The average molecular weight is 265 g/mol. The van der Waals surface area contributed by atoms with Crippen molar-refractivity contribution in [3.05, 3.63) is 33.7 Å². The fraction of sp³-hybridized carbons (Fsp3) is 0.364. The van der Waals surface area contributed by atoms with E-state index < -0.39 is 5.91 Å².